The number of benzene rings is 2. The van der Waals surface area contributed by atoms with Crippen molar-refractivity contribution in [1.82, 2.24) is 5.32 Å². The maximum absolute atomic E-state index is 6.05. The quantitative estimate of drug-likeness (QED) is 0.878. The summed E-state index contributed by atoms with van der Waals surface area (Å²) in [4.78, 5) is 0. The van der Waals surface area contributed by atoms with Gasteiger partial charge in [0, 0.05) is 5.02 Å². The first-order valence-electron chi connectivity index (χ1n) is 7.37. The SMILES string of the molecule is CNC(c1ccc(OC2CC2)cc1)c1ccc(Cl)cc1C. The number of hydrogen-bond acceptors (Lipinski definition) is 2. The lowest BCUT2D eigenvalue weighted by atomic mass is 9.95. The van der Waals surface area contributed by atoms with Crippen LogP contribution in [0.25, 0.3) is 0 Å². The molecule has 1 aliphatic rings. The summed E-state index contributed by atoms with van der Waals surface area (Å²) in [6, 6.07) is 14.6. The Hall–Kier alpha value is -1.51. The van der Waals surface area contributed by atoms with Crippen LogP contribution in [0.1, 0.15) is 35.6 Å². The van der Waals surface area contributed by atoms with E-state index in [0.717, 1.165) is 10.8 Å². The number of halogens is 1. The lowest BCUT2D eigenvalue weighted by molar-refractivity contribution is 0.303. The van der Waals surface area contributed by atoms with Crippen molar-refractivity contribution < 1.29 is 4.74 Å². The van der Waals surface area contributed by atoms with Crippen molar-refractivity contribution in [2.24, 2.45) is 0 Å². The van der Waals surface area contributed by atoms with Crippen LogP contribution >= 0.6 is 11.6 Å². The zero-order valence-corrected chi connectivity index (χ0v) is 13.2. The first kappa shape index (κ1) is 14.4. The van der Waals surface area contributed by atoms with E-state index in [0.29, 0.717) is 6.10 Å². The highest BCUT2D eigenvalue weighted by atomic mass is 35.5. The van der Waals surface area contributed by atoms with Gasteiger partial charge < -0.3 is 10.1 Å². The normalized spacial score (nSPS) is 15.8. The molecule has 1 saturated carbocycles. The molecule has 1 atom stereocenters. The third-order valence-corrected chi connectivity index (χ3v) is 4.11. The molecular weight excluding hydrogens is 282 g/mol. The highest BCUT2D eigenvalue weighted by molar-refractivity contribution is 6.30. The van der Waals surface area contributed by atoms with Crippen molar-refractivity contribution >= 4 is 11.6 Å². The van der Waals surface area contributed by atoms with Crippen molar-refractivity contribution in [2.45, 2.75) is 31.9 Å². The molecule has 0 saturated heterocycles. The summed E-state index contributed by atoms with van der Waals surface area (Å²) in [5.41, 5.74) is 3.67. The van der Waals surface area contributed by atoms with Gasteiger partial charge in [0.25, 0.3) is 0 Å². The van der Waals surface area contributed by atoms with E-state index in [4.69, 9.17) is 16.3 Å². The van der Waals surface area contributed by atoms with Gasteiger partial charge in [-0.25, -0.2) is 0 Å². The van der Waals surface area contributed by atoms with Crippen LogP contribution < -0.4 is 10.1 Å². The van der Waals surface area contributed by atoms with Crippen molar-refractivity contribution in [1.29, 1.82) is 0 Å². The van der Waals surface area contributed by atoms with Crippen LogP contribution in [0.5, 0.6) is 5.75 Å². The molecule has 21 heavy (non-hydrogen) atoms. The first-order valence-corrected chi connectivity index (χ1v) is 7.75. The highest BCUT2D eigenvalue weighted by Crippen LogP contribution is 2.30. The Bertz CT molecular complexity index is 620. The maximum Gasteiger partial charge on any atom is 0.119 e. The van der Waals surface area contributed by atoms with E-state index in [9.17, 15) is 0 Å². The number of nitrogens with one attached hydrogen (secondary N) is 1. The zero-order valence-electron chi connectivity index (χ0n) is 12.4. The second-order valence-corrected chi connectivity index (χ2v) is 6.05. The third kappa shape index (κ3) is 3.39. The van der Waals surface area contributed by atoms with E-state index < -0.39 is 0 Å². The second-order valence-electron chi connectivity index (χ2n) is 5.61. The van der Waals surface area contributed by atoms with Crippen LogP contribution in [0.15, 0.2) is 42.5 Å². The van der Waals surface area contributed by atoms with Gasteiger partial charge in [0.1, 0.15) is 5.75 Å². The largest absolute Gasteiger partial charge is 0.490 e. The second kappa shape index (κ2) is 6.08. The van der Waals surface area contributed by atoms with Gasteiger partial charge in [-0.15, -0.1) is 0 Å². The molecule has 110 valence electrons. The molecule has 0 bridgehead atoms. The van der Waals surface area contributed by atoms with Crippen LogP contribution in [-0.4, -0.2) is 13.2 Å². The summed E-state index contributed by atoms with van der Waals surface area (Å²) >= 11 is 6.05. The Morgan fingerprint density at radius 1 is 1.14 bits per heavy atom. The summed E-state index contributed by atoms with van der Waals surface area (Å²) in [6.45, 7) is 2.09. The molecule has 1 unspecified atom stereocenters. The Kier molecular flexibility index (Phi) is 4.18. The molecule has 0 amide bonds. The molecule has 2 aromatic carbocycles. The Balaban J connectivity index is 1.84. The summed E-state index contributed by atoms with van der Waals surface area (Å²) in [5.74, 6) is 0.962. The molecule has 1 aliphatic carbocycles. The number of hydrogen-bond donors (Lipinski definition) is 1. The van der Waals surface area contributed by atoms with Crippen molar-refractivity contribution in [3.05, 3.63) is 64.2 Å². The molecule has 2 nitrogen and oxygen atoms in total. The van der Waals surface area contributed by atoms with Crippen LogP contribution in [-0.2, 0) is 0 Å². The van der Waals surface area contributed by atoms with E-state index in [2.05, 4.69) is 42.6 Å². The highest BCUT2D eigenvalue weighted by Gasteiger charge is 2.23. The smallest absolute Gasteiger partial charge is 0.119 e. The fourth-order valence-corrected chi connectivity index (χ4v) is 2.81. The van der Waals surface area contributed by atoms with Crippen LogP contribution in [0.3, 0.4) is 0 Å². The summed E-state index contributed by atoms with van der Waals surface area (Å²) < 4.78 is 5.80. The van der Waals surface area contributed by atoms with Gasteiger partial charge in [0.15, 0.2) is 0 Å². The summed E-state index contributed by atoms with van der Waals surface area (Å²) in [5, 5.41) is 4.16. The number of rotatable bonds is 5. The Morgan fingerprint density at radius 3 is 2.43 bits per heavy atom. The molecule has 0 aliphatic heterocycles. The van der Waals surface area contributed by atoms with Gasteiger partial charge in [-0.05, 0) is 67.8 Å². The van der Waals surface area contributed by atoms with Crippen molar-refractivity contribution in [2.75, 3.05) is 7.05 Å². The van der Waals surface area contributed by atoms with Gasteiger partial charge >= 0.3 is 0 Å². The molecule has 0 radical (unpaired) electrons. The Morgan fingerprint density at radius 2 is 1.86 bits per heavy atom. The van der Waals surface area contributed by atoms with Gasteiger partial charge in [-0.1, -0.05) is 29.8 Å². The molecule has 0 spiro atoms. The monoisotopic (exact) mass is 301 g/mol. The minimum Gasteiger partial charge on any atom is -0.490 e. The lowest BCUT2D eigenvalue weighted by Gasteiger charge is -2.20. The van der Waals surface area contributed by atoms with Crippen molar-refractivity contribution in [3.63, 3.8) is 0 Å². The molecular formula is C18H20ClNO. The average Bonchev–Trinajstić information content (AvgIpc) is 3.27. The van der Waals surface area contributed by atoms with Crippen LogP contribution in [0, 0.1) is 6.92 Å². The zero-order chi connectivity index (χ0) is 14.8. The van der Waals surface area contributed by atoms with Gasteiger partial charge in [-0.3, -0.25) is 0 Å². The molecule has 2 aromatic rings. The van der Waals surface area contributed by atoms with Crippen molar-refractivity contribution in [3.8, 4) is 5.75 Å². The molecule has 0 heterocycles. The fourth-order valence-electron chi connectivity index (χ4n) is 2.58. The number of aryl methyl sites for hydroxylation is 1. The van der Waals surface area contributed by atoms with E-state index in [1.54, 1.807) is 0 Å². The molecule has 3 heteroatoms. The Labute approximate surface area is 131 Å². The average molecular weight is 302 g/mol. The van der Waals surface area contributed by atoms with Crippen LogP contribution in [0.4, 0.5) is 0 Å². The molecule has 1 N–H and O–H groups in total. The van der Waals surface area contributed by atoms with Gasteiger partial charge in [-0.2, -0.15) is 0 Å². The topological polar surface area (TPSA) is 21.3 Å². The molecule has 3 rings (SSSR count). The van der Waals surface area contributed by atoms with Gasteiger partial charge in [0.2, 0.25) is 0 Å². The van der Waals surface area contributed by atoms with Gasteiger partial charge in [0.05, 0.1) is 12.1 Å². The van der Waals surface area contributed by atoms with E-state index in [1.807, 2.05) is 19.2 Å². The maximum atomic E-state index is 6.05. The predicted octanol–water partition coefficient (Wildman–Crippen LogP) is 4.50. The summed E-state index contributed by atoms with van der Waals surface area (Å²) in [6.07, 6.45) is 2.81. The standard InChI is InChI=1S/C18H20ClNO/c1-12-11-14(19)5-10-17(12)18(20-2)13-3-6-15(7-4-13)21-16-8-9-16/h3-7,10-11,16,18,20H,8-9H2,1-2H3. The predicted molar refractivity (Wildman–Crippen MR) is 87.2 cm³/mol. The summed E-state index contributed by atoms with van der Waals surface area (Å²) in [7, 11) is 1.98. The fraction of sp³-hybridized carbons (Fsp3) is 0.333. The molecule has 1 fully saturated rings. The minimum atomic E-state index is 0.164. The lowest BCUT2D eigenvalue weighted by Crippen LogP contribution is -2.18. The van der Waals surface area contributed by atoms with E-state index in [-0.39, 0.29) is 6.04 Å². The first-order chi connectivity index (χ1) is 10.2. The molecule has 0 aromatic heterocycles. The minimum absolute atomic E-state index is 0.164. The van der Waals surface area contributed by atoms with E-state index >= 15 is 0 Å². The third-order valence-electron chi connectivity index (χ3n) is 3.87. The number of ether oxygens (including phenoxy) is 1. The van der Waals surface area contributed by atoms with E-state index in [1.165, 1.54) is 29.5 Å². The van der Waals surface area contributed by atoms with Crippen LogP contribution in [0.2, 0.25) is 5.02 Å².